The summed E-state index contributed by atoms with van der Waals surface area (Å²) in [5, 5.41) is 3.22. The number of rotatable bonds is 7. The molecule has 0 aromatic heterocycles. The maximum Gasteiger partial charge on any atom is 0.401 e. The fraction of sp³-hybridized carbons (Fsp3) is 1.00. The Morgan fingerprint density at radius 2 is 1.75 bits per heavy atom. The van der Waals surface area contributed by atoms with Crippen LogP contribution in [0.3, 0.4) is 0 Å². The number of hydrogen-bond acceptors (Lipinski definition) is 2. The van der Waals surface area contributed by atoms with Crippen molar-refractivity contribution < 1.29 is 13.2 Å². The lowest BCUT2D eigenvalue weighted by atomic mass is 10.1. The molecule has 0 aromatic rings. The molecule has 0 spiro atoms. The number of nitrogens with one attached hydrogen (secondary N) is 1. The van der Waals surface area contributed by atoms with Crippen LogP contribution < -0.4 is 5.32 Å². The molecule has 0 saturated heterocycles. The van der Waals surface area contributed by atoms with E-state index in [-0.39, 0.29) is 0 Å². The van der Waals surface area contributed by atoms with Crippen LogP contribution in [-0.2, 0) is 0 Å². The number of halogens is 3. The molecule has 0 rings (SSSR count). The van der Waals surface area contributed by atoms with Crippen molar-refractivity contribution in [2.45, 2.75) is 39.4 Å². The first kappa shape index (κ1) is 15.7. The molecule has 0 aromatic carbocycles. The zero-order valence-corrected chi connectivity index (χ0v) is 10.6. The molecule has 0 saturated carbocycles. The van der Waals surface area contributed by atoms with Crippen molar-refractivity contribution in [3.63, 3.8) is 0 Å². The molecule has 1 atom stereocenters. The molecule has 0 bridgehead atoms. The Labute approximate surface area is 96.2 Å². The number of nitrogens with zero attached hydrogens (tertiary/aromatic N) is 1. The summed E-state index contributed by atoms with van der Waals surface area (Å²) < 4.78 is 36.0. The normalized spacial score (nSPS) is 14.8. The lowest BCUT2D eigenvalue weighted by Crippen LogP contribution is -2.38. The van der Waals surface area contributed by atoms with E-state index < -0.39 is 12.7 Å². The molecular weight excluding hydrogens is 217 g/mol. The van der Waals surface area contributed by atoms with Crippen LogP contribution in [0.25, 0.3) is 0 Å². The molecule has 98 valence electrons. The van der Waals surface area contributed by atoms with E-state index in [1.54, 1.807) is 0 Å². The molecule has 0 aliphatic rings. The van der Waals surface area contributed by atoms with Crippen molar-refractivity contribution >= 4 is 0 Å². The molecule has 16 heavy (non-hydrogen) atoms. The summed E-state index contributed by atoms with van der Waals surface area (Å²) in [5.41, 5.74) is 0. The number of alkyl halides is 3. The van der Waals surface area contributed by atoms with Gasteiger partial charge in [0.1, 0.15) is 0 Å². The lowest BCUT2D eigenvalue weighted by molar-refractivity contribution is -0.142. The van der Waals surface area contributed by atoms with E-state index in [1.807, 2.05) is 0 Å². The van der Waals surface area contributed by atoms with Crippen LogP contribution in [0.2, 0.25) is 0 Å². The van der Waals surface area contributed by atoms with Crippen molar-refractivity contribution in [2.75, 3.05) is 26.7 Å². The molecule has 1 unspecified atom stereocenters. The quantitative estimate of drug-likeness (QED) is 0.735. The first-order valence-corrected chi connectivity index (χ1v) is 5.69. The molecule has 0 aliphatic heterocycles. The highest BCUT2D eigenvalue weighted by atomic mass is 19.4. The van der Waals surface area contributed by atoms with E-state index in [4.69, 9.17) is 0 Å². The zero-order valence-electron chi connectivity index (χ0n) is 10.6. The molecule has 2 nitrogen and oxygen atoms in total. The van der Waals surface area contributed by atoms with Gasteiger partial charge in [0.2, 0.25) is 0 Å². The van der Waals surface area contributed by atoms with Crippen LogP contribution in [0.5, 0.6) is 0 Å². The largest absolute Gasteiger partial charge is 0.401 e. The predicted molar refractivity (Wildman–Crippen MR) is 60.5 cm³/mol. The van der Waals surface area contributed by atoms with E-state index in [1.165, 1.54) is 11.9 Å². The third kappa shape index (κ3) is 10.2. The highest BCUT2D eigenvalue weighted by Crippen LogP contribution is 2.15. The van der Waals surface area contributed by atoms with E-state index >= 15 is 0 Å². The highest BCUT2D eigenvalue weighted by molar-refractivity contribution is 4.65. The van der Waals surface area contributed by atoms with Crippen molar-refractivity contribution in [3.05, 3.63) is 0 Å². The molecule has 0 radical (unpaired) electrons. The van der Waals surface area contributed by atoms with Gasteiger partial charge < -0.3 is 5.32 Å². The molecule has 0 fully saturated rings. The Kier molecular flexibility index (Phi) is 6.99. The molecule has 0 amide bonds. The van der Waals surface area contributed by atoms with Crippen molar-refractivity contribution in [2.24, 2.45) is 5.92 Å². The van der Waals surface area contributed by atoms with Gasteiger partial charge in [-0.3, -0.25) is 4.90 Å². The van der Waals surface area contributed by atoms with Gasteiger partial charge in [-0.05, 0) is 26.3 Å². The van der Waals surface area contributed by atoms with Gasteiger partial charge in [0.15, 0.2) is 0 Å². The van der Waals surface area contributed by atoms with Crippen molar-refractivity contribution in [1.82, 2.24) is 10.2 Å². The fourth-order valence-electron chi connectivity index (χ4n) is 1.68. The van der Waals surface area contributed by atoms with Crippen LogP contribution in [-0.4, -0.2) is 43.8 Å². The molecule has 0 heterocycles. The Morgan fingerprint density at radius 1 is 1.19 bits per heavy atom. The number of hydrogen-bond donors (Lipinski definition) is 1. The van der Waals surface area contributed by atoms with E-state index in [0.29, 0.717) is 25.0 Å². The van der Waals surface area contributed by atoms with Gasteiger partial charge in [0.25, 0.3) is 0 Å². The minimum absolute atomic E-state index is 0.360. The maximum atomic E-state index is 12.0. The van der Waals surface area contributed by atoms with Gasteiger partial charge in [-0.1, -0.05) is 13.8 Å². The second-order valence-electron chi connectivity index (χ2n) is 4.84. The second-order valence-corrected chi connectivity index (χ2v) is 4.84. The van der Waals surface area contributed by atoms with Gasteiger partial charge in [0.05, 0.1) is 6.54 Å². The minimum Gasteiger partial charge on any atom is -0.313 e. The molecule has 1 N–H and O–H groups in total. The van der Waals surface area contributed by atoms with Gasteiger partial charge >= 0.3 is 6.18 Å². The lowest BCUT2D eigenvalue weighted by Gasteiger charge is -2.21. The van der Waals surface area contributed by atoms with Gasteiger partial charge in [-0.25, -0.2) is 0 Å². The second kappa shape index (κ2) is 7.12. The van der Waals surface area contributed by atoms with Gasteiger partial charge in [-0.2, -0.15) is 13.2 Å². The summed E-state index contributed by atoms with van der Waals surface area (Å²) in [6, 6.07) is 0.360. The average molecular weight is 240 g/mol. The molecule has 5 heteroatoms. The van der Waals surface area contributed by atoms with Crippen molar-refractivity contribution in [1.29, 1.82) is 0 Å². The van der Waals surface area contributed by atoms with Gasteiger partial charge in [-0.15, -0.1) is 0 Å². The minimum atomic E-state index is -4.10. The summed E-state index contributed by atoms with van der Waals surface area (Å²) in [6.45, 7) is 6.50. The van der Waals surface area contributed by atoms with Crippen LogP contribution in [0.4, 0.5) is 13.2 Å². The van der Waals surface area contributed by atoms with Crippen LogP contribution in [0.15, 0.2) is 0 Å². The smallest absolute Gasteiger partial charge is 0.313 e. The SMILES string of the molecule is CC(C)CC(C)NCCN(C)CC(F)(F)F. The predicted octanol–water partition coefficient (Wildman–Crippen LogP) is 2.50. The van der Waals surface area contributed by atoms with Crippen molar-refractivity contribution in [3.8, 4) is 0 Å². The highest BCUT2D eigenvalue weighted by Gasteiger charge is 2.28. The molecular formula is C11H23F3N2. The average Bonchev–Trinajstić information content (AvgIpc) is 1.98. The first-order valence-electron chi connectivity index (χ1n) is 5.69. The monoisotopic (exact) mass is 240 g/mol. The van der Waals surface area contributed by atoms with E-state index in [0.717, 1.165) is 6.42 Å². The Bertz CT molecular complexity index is 181. The molecule has 0 aliphatic carbocycles. The Balaban J connectivity index is 3.58. The summed E-state index contributed by atoms with van der Waals surface area (Å²) >= 11 is 0. The third-order valence-electron chi connectivity index (χ3n) is 2.26. The standard InChI is InChI=1S/C11H23F3N2/c1-9(2)7-10(3)15-5-6-16(4)8-11(12,13)14/h9-10,15H,5-8H2,1-4H3. The fourth-order valence-corrected chi connectivity index (χ4v) is 1.68. The topological polar surface area (TPSA) is 15.3 Å². The number of likely N-dealkylation sites (N-methyl/N-ethyl adjacent to an activating group) is 1. The van der Waals surface area contributed by atoms with Crippen LogP contribution in [0.1, 0.15) is 27.2 Å². The van der Waals surface area contributed by atoms with Gasteiger partial charge in [0, 0.05) is 19.1 Å². The summed E-state index contributed by atoms with van der Waals surface area (Å²) in [6.07, 6.45) is -3.05. The third-order valence-corrected chi connectivity index (χ3v) is 2.26. The first-order chi connectivity index (χ1) is 7.20. The maximum absolute atomic E-state index is 12.0. The summed E-state index contributed by atoms with van der Waals surface area (Å²) in [4.78, 5) is 1.29. The van der Waals surface area contributed by atoms with Crippen LogP contribution in [0, 0.1) is 5.92 Å². The van der Waals surface area contributed by atoms with Crippen LogP contribution >= 0.6 is 0 Å². The summed E-state index contributed by atoms with van der Waals surface area (Å²) in [7, 11) is 1.49. The summed E-state index contributed by atoms with van der Waals surface area (Å²) in [5.74, 6) is 0.607. The Hall–Kier alpha value is -0.290. The Morgan fingerprint density at radius 3 is 2.19 bits per heavy atom. The van der Waals surface area contributed by atoms with E-state index in [2.05, 4.69) is 26.1 Å². The van der Waals surface area contributed by atoms with E-state index in [9.17, 15) is 13.2 Å². The zero-order chi connectivity index (χ0) is 12.8.